The first-order valence-corrected chi connectivity index (χ1v) is 11.1. The lowest BCUT2D eigenvalue weighted by Gasteiger charge is -2.70. The number of hydrogen-bond acceptors (Lipinski definition) is 5. The Hall–Kier alpha value is -0.490. The summed E-state index contributed by atoms with van der Waals surface area (Å²) in [7, 11) is 0. The molecule has 0 aromatic heterocycles. The standard InChI is InChI=1S/C23H36O5/c1-11-12-9-13(24)17-22(6)14(20(2,3)8-7-15(22)25)10-16-23(17,18(11)26)19(12)28-21(4,5)27-16/h11-17,19,24-25H,7-10H2,1-6H3/t11-,12+,13+,14+,15+,16+,17-,19+,22-,23+/m0/s1. The topological polar surface area (TPSA) is 76.0 Å². The molecule has 2 bridgehead atoms. The molecule has 5 nitrogen and oxygen atoms in total. The van der Waals surface area contributed by atoms with Crippen LogP contribution in [0.1, 0.15) is 67.2 Å². The minimum absolute atomic E-state index is 0.0262. The van der Waals surface area contributed by atoms with Crippen LogP contribution in [0.5, 0.6) is 0 Å². The molecule has 5 fully saturated rings. The zero-order chi connectivity index (χ0) is 20.4. The van der Waals surface area contributed by atoms with E-state index in [1.54, 1.807) is 0 Å². The summed E-state index contributed by atoms with van der Waals surface area (Å²) in [5.74, 6) is -0.794. The third-order valence-corrected chi connectivity index (χ3v) is 9.72. The molecule has 1 heterocycles. The molecular weight excluding hydrogens is 356 g/mol. The van der Waals surface area contributed by atoms with Gasteiger partial charge in [0.1, 0.15) is 5.78 Å². The molecule has 0 radical (unpaired) electrons. The van der Waals surface area contributed by atoms with Crippen molar-refractivity contribution in [2.45, 2.75) is 97.4 Å². The molecule has 4 saturated carbocycles. The second kappa shape index (κ2) is 5.40. The lowest BCUT2D eigenvalue weighted by atomic mass is 9.38. The summed E-state index contributed by atoms with van der Waals surface area (Å²) in [4.78, 5) is 13.8. The van der Waals surface area contributed by atoms with E-state index < -0.39 is 28.8 Å². The van der Waals surface area contributed by atoms with Crippen LogP contribution < -0.4 is 0 Å². The first-order valence-electron chi connectivity index (χ1n) is 11.1. The Morgan fingerprint density at radius 3 is 2.39 bits per heavy atom. The maximum absolute atomic E-state index is 13.8. The molecule has 5 aliphatic rings. The van der Waals surface area contributed by atoms with E-state index in [4.69, 9.17) is 9.47 Å². The van der Waals surface area contributed by atoms with Crippen LogP contribution in [0.4, 0.5) is 0 Å². The number of carbonyl (C=O) groups excluding carboxylic acids is 1. The minimum atomic E-state index is -0.836. The van der Waals surface area contributed by atoms with Crippen molar-refractivity contribution in [2.24, 2.45) is 39.9 Å². The molecular formula is C23H36O5. The molecule has 1 spiro atoms. The molecule has 0 unspecified atom stereocenters. The highest BCUT2D eigenvalue weighted by Crippen LogP contribution is 2.73. The average molecular weight is 393 g/mol. The Morgan fingerprint density at radius 1 is 1.04 bits per heavy atom. The maximum Gasteiger partial charge on any atom is 0.163 e. The smallest absolute Gasteiger partial charge is 0.163 e. The quantitative estimate of drug-likeness (QED) is 0.663. The fourth-order valence-electron chi connectivity index (χ4n) is 8.69. The van der Waals surface area contributed by atoms with Gasteiger partial charge >= 0.3 is 0 Å². The van der Waals surface area contributed by atoms with Crippen molar-refractivity contribution in [3.63, 3.8) is 0 Å². The van der Waals surface area contributed by atoms with Crippen LogP contribution in [0.3, 0.4) is 0 Å². The number of aliphatic hydroxyl groups is 2. The Balaban J connectivity index is 1.75. The number of fused-ring (bicyclic) bond motifs is 2. The molecule has 0 aromatic carbocycles. The van der Waals surface area contributed by atoms with Crippen LogP contribution >= 0.6 is 0 Å². The molecule has 1 saturated heterocycles. The van der Waals surface area contributed by atoms with Gasteiger partial charge in [0.25, 0.3) is 0 Å². The van der Waals surface area contributed by atoms with Crippen molar-refractivity contribution in [3.05, 3.63) is 0 Å². The number of aliphatic hydroxyl groups excluding tert-OH is 2. The van der Waals surface area contributed by atoms with E-state index in [-0.39, 0.29) is 47.1 Å². The fourth-order valence-corrected chi connectivity index (χ4v) is 8.69. The summed E-state index contributed by atoms with van der Waals surface area (Å²) in [6.07, 6.45) is 1.37. The lowest BCUT2D eigenvalue weighted by molar-refractivity contribution is -0.394. The fraction of sp³-hybridized carbons (Fsp3) is 0.957. The molecule has 5 rings (SSSR count). The van der Waals surface area contributed by atoms with Crippen LogP contribution in [0.15, 0.2) is 0 Å². The van der Waals surface area contributed by atoms with Crippen molar-refractivity contribution in [2.75, 3.05) is 0 Å². The summed E-state index contributed by atoms with van der Waals surface area (Å²) in [5, 5.41) is 22.7. The van der Waals surface area contributed by atoms with E-state index in [0.29, 0.717) is 6.42 Å². The van der Waals surface area contributed by atoms with Crippen LogP contribution in [-0.4, -0.2) is 46.2 Å². The van der Waals surface area contributed by atoms with Gasteiger partial charge in [-0.05, 0) is 56.8 Å². The van der Waals surface area contributed by atoms with Crippen LogP contribution in [0.25, 0.3) is 0 Å². The van der Waals surface area contributed by atoms with Crippen molar-refractivity contribution in [1.82, 2.24) is 0 Å². The number of rotatable bonds is 0. The molecule has 10 atom stereocenters. The van der Waals surface area contributed by atoms with E-state index in [1.165, 1.54) is 0 Å². The third kappa shape index (κ3) is 2.00. The predicted octanol–water partition coefficient (Wildman–Crippen LogP) is 2.92. The van der Waals surface area contributed by atoms with Gasteiger partial charge in [-0.2, -0.15) is 0 Å². The summed E-state index contributed by atoms with van der Waals surface area (Å²) in [6.45, 7) is 12.6. The normalized spacial score (nSPS) is 58.8. The highest BCUT2D eigenvalue weighted by molar-refractivity contribution is 5.92. The van der Waals surface area contributed by atoms with Gasteiger partial charge in [-0.1, -0.05) is 27.7 Å². The van der Waals surface area contributed by atoms with Gasteiger partial charge in [-0.25, -0.2) is 0 Å². The summed E-state index contributed by atoms with van der Waals surface area (Å²) in [6, 6.07) is 0. The van der Waals surface area contributed by atoms with E-state index in [0.717, 1.165) is 19.3 Å². The van der Waals surface area contributed by atoms with Gasteiger partial charge in [0.15, 0.2) is 5.79 Å². The summed E-state index contributed by atoms with van der Waals surface area (Å²) in [5.41, 5.74) is -1.33. The molecule has 1 aliphatic heterocycles. The number of carbonyl (C=O) groups is 1. The highest BCUT2D eigenvalue weighted by atomic mass is 16.7. The first kappa shape index (κ1) is 19.5. The van der Waals surface area contributed by atoms with Crippen molar-refractivity contribution in [3.8, 4) is 0 Å². The van der Waals surface area contributed by atoms with Crippen molar-refractivity contribution in [1.29, 1.82) is 0 Å². The van der Waals surface area contributed by atoms with Gasteiger partial charge in [0, 0.05) is 17.3 Å². The molecule has 158 valence electrons. The first-order chi connectivity index (χ1) is 12.9. The van der Waals surface area contributed by atoms with Crippen LogP contribution in [0, 0.1) is 39.9 Å². The zero-order valence-corrected chi connectivity index (χ0v) is 18.1. The Morgan fingerprint density at radius 2 is 1.71 bits per heavy atom. The second-order valence-corrected chi connectivity index (χ2v) is 11.8. The lowest BCUT2D eigenvalue weighted by Crippen LogP contribution is -2.76. The largest absolute Gasteiger partial charge is 0.393 e. The predicted molar refractivity (Wildman–Crippen MR) is 103 cm³/mol. The van der Waals surface area contributed by atoms with Crippen molar-refractivity contribution >= 4 is 5.78 Å². The monoisotopic (exact) mass is 392 g/mol. The molecule has 28 heavy (non-hydrogen) atoms. The van der Waals surface area contributed by atoms with E-state index in [1.807, 2.05) is 20.8 Å². The SMILES string of the molecule is C[C@@H]1C(=O)[C@@]23[C@@H]4OC(C)(C)O[C@@H]2C[C@@H]2C(C)(C)CC[C@@H](O)[C@@]2(C)[C@@H]3[C@H](O)C[C@H]14. The van der Waals surface area contributed by atoms with Crippen LogP contribution in [0.2, 0.25) is 0 Å². The highest BCUT2D eigenvalue weighted by Gasteiger charge is 2.80. The maximum atomic E-state index is 13.8. The third-order valence-electron chi connectivity index (χ3n) is 9.72. The average Bonchev–Trinajstić information content (AvgIpc) is 2.72. The van der Waals surface area contributed by atoms with E-state index in [2.05, 4.69) is 20.8 Å². The Labute approximate surface area is 168 Å². The van der Waals surface area contributed by atoms with Crippen molar-refractivity contribution < 1.29 is 24.5 Å². The molecule has 0 aromatic rings. The molecule has 5 heteroatoms. The summed E-state index contributed by atoms with van der Waals surface area (Å²) >= 11 is 0. The Bertz CT molecular complexity index is 716. The minimum Gasteiger partial charge on any atom is -0.393 e. The summed E-state index contributed by atoms with van der Waals surface area (Å²) < 4.78 is 12.9. The molecule has 0 amide bonds. The number of Topliss-reactive ketones (excluding diaryl/α,β-unsaturated/α-hetero) is 1. The van der Waals surface area contributed by atoms with E-state index in [9.17, 15) is 15.0 Å². The molecule has 4 aliphatic carbocycles. The second-order valence-electron chi connectivity index (χ2n) is 11.8. The number of ketones is 1. The van der Waals surface area contributed by atoms with Gasteiger partial charge < -0.3 is 19.7 Å². The number of ether oxygens (including phenoxy) is 2. The van der Waals surface area contributed by atoms with Gasteiger partial charge in [0.05, 0.1) is 29.8 Å². The number of hydrogen-bond donors (Lipinski definition) is 2. The zero-order valence-electron chi connectivity index (χ0n) is 18.1. The van der Waals surface area contributed by atoms with Gasteiger partial charge in [-0.15, -0.1) is 0 Å². The van der Waals surface area contributed by atoms with Gasteiger partial charge in [-0.3, -0.25) is 4.79 Å². The Kier molecular flexibility index (Phi) is 3.76. The van der Waals surface area contributed by atoms with Crippen LogP contribution in [-0.2, 0) is 14.3 Å². The van der Waals surface area contributed by atoms with Gasteiger partial charge in [0.2, 0.25) is 0 Å². The molecule has 2 N–H and O–H groups in total. The van der Waals surface area contributed by atoms with E-state index >= 15 is 0 Å².